The van der Waals surface area contributed by atoms with Gasteiger partial charge in [-0.2, -0.15) is 9.50 Å². The number of benzene rings is 2. The maximum absolute atomic E-state index is 13.1. The van der Waals surface area contributed by atoms with Crippen molar-refractivity contribution in [1.82, 2.24) is 14.6 Å². The number of halogens is 1. The average molecular weight is 467 g/mol. The molecular weight excluding hydrogens is 452 g/mol. The smallest absolute Gasteiger partial charge is 0.291 e. The van der Waals surface area contributed by atoms with Crippen molar-refractivity contribution in [1.29, 1.82) is 0 Å². The number of fused-ring (bicyclic) bond motifs is 2. The van der Waals surface area contributed by atoms with Crippen LogP contribution >= 0.6 is 27.3 Å². The van der Waals surface area contributed by atoms with Gasteiger partial charge in [0.15, 0.2) is 5.82 Å². The first-order valence-electron chi connectivity index (χ1n) is 9.11. The van der Waals surface area contributed by atoms with Gasteiger partial charge in [0.05, 0.1) is 11.3 Å². The Morgan fingerprint density at radius 1 is 1.10 bits per heavy atom. The molecule has 5 rings (SSSR count). The summed E-state index contributed by atoms with van der Waals surface area (Å²) in [5, 5.41) is 4.43. The SMILES string of the molecule is CCN1C(=O)C(=c2sc3nc(-c4ccccc4C)nn3c2=O)c2cc(Br)ccc21. The van der Waals surface area contributed by atoms with Gasteiger partial charge in [0.2, 0.25) is 4.96 Å². The highest BCUT2D eigenvalue weighted by molar-refractivity contribution is 9.10. The van der Waals surface area contributed by atoms with E-state index >= 15 is 0 Å². The van der Waals surface area contributed by atoms with Gasteiger partial charge >= 0.3 is 0 Å². The van der Waals surface area contributed by atoms with Gasteiger partial charge in [0.25, 0.3) is 11.5 Å². The first kappa shape index (κ1) is 18.2. The molecule has 0 unspecified atom stereocenters. The third-order valence-electron chi connectivity index (χ3n) is 5.06. The summed E-state index contributed by atoms with van der Waals surface area (Å²) in [6.07, 6.45) is 0. The molecular formula is C21H15BrN4O2S. The molecule has 1 amide bonds. The molecule has 1 aliphatic rings. The fraction of sp³-hybridized carbons (Fsp3) is 0.143. The molecule has 8 heteroatoms. The number of hydrogen-bond donors (Lipinski definition) is 0. The van der Waals surface area contributed by atoms with Gasteiger partial charge in [-0.25, -0.2) is 0 Å². The fourth-order valence-corrected chi connectivity index (χ4v) is 5.02. The highest BCUT2D eigenvalue weighted by Crippen LogP contribution is 2.37. The number of nitrogens with zero attached hydrogens (tertiary/aromatic N) is 4. The molecule has 29 heavy (non-hydrogen) atoms. The largest absolute Gasteiger partial charge is 0.308 e. The number of likely N-dealkylation sites (N-methyl/N-ethyl adjacent to an activating group) is 1. The van der Waals surface area contributed by atoms with Crippen molar-refractivity contribution >= 4 is 49.4 Å². The molecule has 0 atom stereocenters. The van der Waals surface area contributed by atoms with Crippen LogP contribution in [-0.4, -0.2) is 27.0 Å². The van der Waals surface area contributed by atoms with Crippen molar-refractivity contribution in [3.05, 3.63) is 73.0 Å². The molecule has 0 bridgehead atoms. The minimum atomic E-state index is -0.315. The molecule has 3 heterocycles. The Hall–Kier alpha value is -2.84. The average Bonchev–Trinajstić information content (AvgIpc) is 3.32. The molecule has 4 aromatic rings. The number of amides is 1. The van der Waals surface area contributed by atoms with E-state index in [2.05, 4.69) is 26.0 Å². The van der Waals surface area contributed by atoms with Crippen molar-refractivity contribution in [2.24, 2.45) is 0 Å². The van der Waals surface area contributed by atoms with Crippen molar-refractivity contribution in [3.63, 3.8) is 0 Å². The van der Waals surface area contributed by atoms with E-state index in [-0.39, 0.29) is 11.5 Å². The zero-order valence-corrected chi connectivity index (χ0v) is 18.0. The predicted molar refractivity (Wildman–Crippen MR) is 117 cm³/mol. The number of carbonyl (C=O) groups is 1. The number of anilines is 1. The van der Waals surface area contributed by atoms with Crippen LogP contribution in [0.5, 0.6) is 0 Å². The predicted octanol–water partition coefficient (Wildman–Crippen LogP) is 3.17. The van der Waals surface area contributed by atoms with Crippen LogP contribution in [-0.2, 0) is 4.79 Å². The number of carbonyl (C=O) groups excluding carboxylic acids is 1. The minimum absolute atomic E-state index is 0.165. The van der Waals surface area contributed by atoms with E-state index in [0.717, 1.165) is 26.9 Å². The maximum atomic E-state index is 13.1. The normalized spacial score (nSPS) is 15.4. The van der Waals surface area contributed by atoms with Crippen LogP contribution in [0, 0.1) is 6.92 Å². The molecule has 0 radical (unpaired) electrons. The van der Waals surface area contributed by atoms with Gasteiger partial charge < -0.3 is 4.90 Å². The third kappa shape index (κ3) is 2.67. The second kappa shape index (κ2) is 6.60. The molecule has 2 aromatic carbocycles. The Kier molecular flexibility index (Phi) is 4.15. The zero-order chi connectivity index (χ0) is 20.3. The number of thiazole rings is 1. The second-order valence-electron chi connectivity index (χ2n) is 6.77. The highest BCUT2D eigenvalue weighted by Gasteiger charge is 2.33. The quantitative estimate of drug-likeness (QED) is 0.454. The Bertz CT molecular complexity index is 1420. The Morgan fingerprint density at radius 2 is 1.90 bits per heavy atom. The van der Waals surface area contributed by atoms with Gasteiger partial charge in [0.1, 0.15) is 4.53 Å². The first-order chi connectivity index (χ1) is 14.0. The van der Waals surface area contributed by atoms with E-state index in [0.29, 0.717) is 27.4 Å². The molecule has 0 spiro atoms. The lowest BCUT2D eigenvalue weighted by Crippen LogP contribution is -2.32. The third-order valence-corrected chi connectivity index (χ3v) is 6.59. The van der Waals surface area contributed by atoms with Crippen LogP contribution in [0.2, 0.25) is 0 Å². The molecule has 0 saturated carbocycles. The summed E-state index contributed by atoms with van der Waals surface area (Å²) in [7, 11) is 0. The van der Waals surface area contributed by atoms with Crippen LogP contribution < -0.4 is 15.0 Å². The lowest BCUT2D eigenvalue weighted by molar-refractivity contribution is -0.113. The van der Waals surface area contributed by atoms with Gasteiger partial charge in [-0.3, -0.25) is 9.59 Å². The van der Waals surface area contributed by atoms with Crippen LogP contribution in [0.1, 0.15) is 18.1 Å². The Labute approximate surface area is 178 Å². The summed E-state index contributed by atoms with van der Waals surface area (Å²) in [4.78, 5) is 33.0. The second-order valence-corrected chi connectivity index (χ2v) is 8.66. The van der Waals surface area contributed by atoms with Crippen molar-refractivity contribution in [2.45, 2.75) is 13.8 Å². The number of aromatic nitrogens is 3. The zero-order valence-electron chi connectivity index (χ0n) is 15.6. The van der Waals surface area contributed by atoms with E-state index in [9.17, 15) is 9.59 Å². The van der Waals surface area contributed by atoms with Crippen molar-refractivity contribution in [3.8, 4) is 11.4 Å². The van der Waals surface area contributed by atoms with E-state index < -0.39 is 0 Å². The number of aryl methyl sites for hydroxylation is 1. The van der Waals surface area contributed by atoms with Gasteiger partial charge in [-0.15, -0.1) is 5.10 Å². The van der Waals surface area contributed by atoms with Crippen LogP contribution in [0.15, 0.2) is 51.7 Å². The minimum Gasteiger partial charge on any atom is -0.308 e. The number of rotatable bonds is 2. The monoisotopic (exact) mass is 466 g/mol. The summed E-state index contributed by atoms with van der Waals surface area (Å²) in [5.74, 6) is 0.348. The summed E-state index contributed by atoms with van der Waals surface area (Å²) < 4.78 is 2.53. The molecule has 1 aliphatic heterocycles. The van der Waals surface area contributed by atoms with Crippen molar-refractivity contribution < 1.29 is 4.79 Å². The topological polar surface area (TPSA) is 67.6 Å². The van der Waals surface area contributed by atoms with E-state index in [4.69, 9.17) is 0 Å². The Morgan fingerprint density at radius 3 is 2.62 bits per heavy atom. The summed E-state index contributed by atoms with van der Waals surface area (Å²) in [6, 6.07) is 13.5. The standard InChI is InChI=1S/C21H15BrN4O2S/c1-3-25-15-9-8-12(22)10-14(15)16(19(25)27)17-20(28)26-21(29-17)23-18(24-26)13-7-5-4-6-11(13)2/h4-10H,3H2,1-2H3. The van der Waals surface area contributed by atoms with Crippen LogP contribution in [0.3, 0.4) is 0 Å². The van der Waals surface area contributed by atoms with Crippen LogP contribution in [0.25, 0.3) is 21.9 Å². The van der Waals surface area contributed by atoms with E-state index in [1.807, 2.05) is 56.3 Å². The van der Waals surface area contributed by atoms with Gasteiger partial charge in [-0.05, 0) is 37.6 Å². The fourth-order valence-electron chi connectivity index (χ4n) is 3.66. The molecule has 0 saturated heterocycles. The van der Waals surface area contributed by atoms with Crippen molar-refractivity contribution in [2.75, 3.05) is 11.4 Å². The molecule has 0 aliphatic carbocycles. The van der Waals surface area contributed by atoms with E-state index in [1.165, 1.54) is 15.9 Å². The van der Waals surface area contributed by atoms with Gasteiger partial charge in [0, 0.05) is 22.1 Å². The summed E-state index contributed by atoms with van der Waals surface area (Å²) >= 11 is 4.67. The molecule has 6 nitrogen and oxygen atoms in total. The van der Waals surface area contributed by atoms with Gasteiger partial charge in [-0.1, -0.05) is 51.5 Å². The summed E-state index contributed by atoms with van der Waals surface area (Å²) in [6.45, 7) is 4.43. The number of hydrogen-bond acceptors (Lipinski definition) is 5. The lowest BCUT2D eigenvalue weighted by Gasteiger charge is -2.13. The Balaban J connectivity index is 1.77. The highest BCUT2D eigenvalue weighted by atomic mass is 79.9. The molecule has 144 valence electrons. The lowest BCUT2D eigenvalue weighted by atomic mass is 10.1. The van der Waals surface area contributed by atoms with Crippen LogP contribution in [0.4, 0.5) is 5.69 Å². The maximum Gasteiger partial charge on any atom is 0.291 e. The molecule has 0 fully saturated rings. The van der Waals surface area contributed by atoms with E-state index in [1.54, 1.807) is 4.90 Å². The molecule has 2 aromatic heterocycles. The molecule has 0 N–H and O–H groups in total. The first-order valence-corrected chi connectivity index (χ1v) is 10.7. The summed E-state index contributed by atoms with van der Waals surface area (Å²) in [5.41, 5.74) is 3.60.